The topological polar surface area (TPSA) is 105 Å². The summed E-state index contributed by atoms with van der Waals surface area (Å²) < 4.78 is 17.3. The van der Waals surface area contributed by atoms with E-state index in [4.69, 9.17) is 5.11 Å². The minimum absolute atomic E-state index is 0.213. The SMILES string of the molecule is COC(=O)CNC(=O)Nc1cc(F)ccc1C(=O)O. The fourth-order valence-electron chi connectivity index (χ4n) is 1.20. The molecule has 0 atom stereocenters. The fourth-order valence-corrected chi connectivity index (χ4v) is 1.20. The van der Waals surface area contributed by atoms with Gasteiger partial charge in [-0.25, -0.2) is 14.0 Å². The average molecular weight is 270 g/mol. The molecule has 0 unspecified atom stereocenters. The van der Waals surface area contributed by atoms with Crippen LogP contribution in [-0.2, 0) is 9.53 Å². The molecule has 1 rings (SSSR count). The Bertz CT molecular complexity index is 518. The molecule has 2 amide bonds. The molecule has 0 fully saturated rings. The van der Waals surface area contributed by atoms with Crippen LogP contribution in [0.1, 0.15) is 10.4 Å². The van der Waals surface area contributed by atoms with E-state index in [0.29, 0.717) is 0 Å². The Morgan fingerprint density at radius 2 is 2.05 bits per heavy atom. The molecule has 7 nitrogen and oxygen atoms in total. The molecule has 0 aromatic heterocycles. The number of carbonyl (C=O) groups excluding carboxylic acids is 2. The Kier molecular flexibility index (Phi) is 4.81. The van der Waals surface area contributed by atoms with E-state index in [1.165, 1.54) is 0 Å². The van der Waals surface area contributed by atoms with Gasteiger partial charge in [-0.2, -0.15) is 0 Å². The normalized spacial score (nSPS) is 9.58. The standard InChI is InChI=1S/C11H11FN2O5/c1-19-9(15)5-13-11(18)14-8-4-6(12)2-3-7(8)10(16)17/h2-4H,5H2,1H3,(H,16,17)(H2,13,14,18). The Labute approximate surface area is 107 Å². The van der Waals surface area contributed by atoms with Gasteiger partial charge in [-0.15, -0.1) is 0 Å². The van der Waals surface area contributed by atoms with Crippen LogP contribution in [0.15, 0.2) is 18.2 Å². The van der Waals surface area contributed by atoms with E-state index in [1.54, 1.807) is 0 Å². The number of urea groups is 1. The van der Waals surface area contributed by atoms with E-state index in [2.05, 4.69) is 15.4 Å². The number of anilines is 1. The summed E-state index contributed by atoms with van der Waals surface area (Å²) in [7, 11) is 1.15. The number of halogens is 1. The van der Waals surface area contributed by atoms with Crippen molar-refractivity contribution in [2.75, 3.05) is 19.0 Å². The van der Waals surface area contributed by atoms with Crippen LogP contribution in [0.3, 0.4) is 0 Å². The summed E-state index contributed by atoms with van der Waals surface area (Å²) >= 11 is 0. The molecule has 8 heteroatoms. The second-order valence-electron chi connectivity index (χ2n) is 3.38. The second kappa shape index (κ2) is 6.34. The molecule has 0 saturated heterocycles. The number of carboxylic acid groups (broad SMARTS) is 1. The van der Waals surface area contributed by atoms with Crippen LogP contribution in [0.4, 0.5) is 14.9 Å². The first-order valence-corrected chi connectivity index (χ1v) is 5.08. The van der Waals surface area contributed by atoms with Gasteiger partial charge in [-0.05, 0) is 18.2 Å². The number of carboxylic acids is 1. The average Bonchev–Trinajstić information content (AvgIpc) is 2.35. The van der Waals surface area contributed by atoms with Gasteiger partial charge in [0, 0.05) is 0 Å². The Hall–Kier alpha value is -2.64. The van der Waals surface area contributed by atoms with Gasteiger partial charge in [0.05, 0.1) is 18.4 Å². The van der Waals surface area contributed by atoms with E-state index >= 15 is 0 Å². The molecule has 19 heavy (non-hydrogen) atoms. The number of hydrogen-bond donors (Lipinski definition) is 3. The highest BCUT2D eigenvalue weighted by molar-refractivity contribution is 6.00. The maximum absolute atomic E-state index is 13.0. The fraction of sp³-hybridized carbons (Fsp3) is 0.182. The Balaban J connectivity index is 2.75. The van der Waals surface area contributed by atoms with Crippen molar-refractivity contribution in [3.05, 3.63) is 29.6 Å². The minimum Gasteiger partial charge on any atom is -0.478 e. The first-order chi connectivity index (χ1) is 8.93. The predicted molar refractivity (Wildman–Crippen MR) is 62.4 cm³/mol. The van der Waals surface area contributed by atoms with Crippen LogP contribution < -0.4 is 10.6 Å². The molecule has 0 bridgehead atoms. The molecule has 0 aliphatic heterocycles. The molecule has 0 saturated carbocycles. The zero-order chi connectivity index (χ0) is 14.4. The molecule has 102 valence electrons. The van der Waals surface area contributed by atoms with Crippen molar-refractivity contribution in [2.24, 2.45) is 0 Å². The molecule has 3 N–H and O–H groups in total. The predicted octanol–water partition coefficient (Wildman–Crippen LogP) is 0.818. The number of esters is 1. The van der Waals surface area contributed by atoms with Crippen LogP contribution in [0.5, 0.6) is 0 Å². The van der Waals surface area contributed by atoms with Gasteiger partial charge in [-0.3, -0.25) is 4.79 Å². The second-order valence-corrected chi connectivity index (χ2v) is 3.38. The largest absolute Gasteiger partial charge is 0.478 e. The lowest BCUT2D eigenvalue weighted by Crippen LogP contribution is -2.34. The summed E-state index contributed by atoms with van der Waals surface area (Å²) in [5, 5.41) is 13.1. The van der Waals surface area contributed by atoms with E-state index in [-0.39, 0.29) is 17.8 Å². The molecule has 1 aromatic rings. The number of rotatable bonds is 4. The van der Waals surface area contributed by atoms with Crippen LogP contribution in [0.25, 0.3) is 0 Å². The van der Waals surface area contributed by atoms with Gasteiger partial charge in [0.25, 0.3) is 0 Å². The molecule has 0 aliphatic carbocycles. The number of benzene rings is 1. The summed E-state index contributed by atoms with van der Waals surface area (Å²) in [6.07, 6.45) is 0. The molecular formula is C11H11FN2O5. The van der Waals surface area contributed by atoms with Crippen molar-refractivity contribution in [2.45, 2.75) is 0 Å². The van der Waals surface area contributed by atoms with Gasteiger partial charge in [0.2, 0.25) is 0 Å². The van der Waals surface area contributed by atoms with E-state index in [1.807, 2.05) is 0 Å². The highest BCUT2D eigenvalue weighted by Crippen LogP contribution is 2.17. The molecule has 0 spiro atoms. The van der Waals surface area contributed by atoms with Crippen LogP contribution >= 0.6 is 0 Å². The van der Waals surface area contributed by atoms with Crippen molar-refractivity contribution in [1.29, 1.82) is 0 Å². The first kappa shape index (κ1) is 14.4. The number of carbonyl (C=O) groups is 3. The van der Waals surface area contributed by atoms with Gasteiger partial charge in [-0.1, -0.05) is 0 Å². The highest BCUT2D eigenvalue weighted by Gasteiger charge is 2.13. The third-order valence-corrected chi connectivity index (χ3v) is 2.08. The maximum atomic E-state index is 13.0. The van der Waals surface area contributed by atoms with Crippen LogP contribution in [-0.4, -0.2) is 36.7 Å². The number of amides is 2. The molecule has 0 radical (unpaired) electrons. The summed E-state index contributed by atoms with van der Waals surface area (Å²) in [6.45, 7) is -0.389. The van der Waals surface area contributed by atoms with E-state index < -0.39 is 23.8 Å². The maximum Gasteiger partial charge on any atom is 0.337 e. The lowest BCUT2D eigenvalue weighted by Gasteiger charge is -2.09. The van der Waals surface area contributed by atoms with Crippen LogP contribution in [0.2, 0.25) is 0 Å². The third kappa shape index (κ3) is 4.26. The third-order valence-electron chi connectivity index (χ3n) is 2.08. The van der Waals surface area contributed by atoms with E-state index in [9.17, 15) is 18.8 Å². The number of hydrogen-bond acceptors (Lipinski definition) is 4. The van der Waals surface area contributed by atoms with Gasteiger partial charge in [0.15, 0.2) is 0 Å². The quantitative estimate of drug-likeness (QED) is 0.702. The van der Waals surface area contributed by atoms with Crippen molar-refractivity contribution in [3.63, 3.8) is 0 Å². The van der Waals surface area contributed by atoms with Crippen molar-refractivity contribution < 1.29 is 28.6 Å². The van der Waals surface area contributed by atoms with Gasteiger partial charge in [0.1, 0.15) is 12.4 Å². The highest BCUT2D eigenvalue weighted by atomic mass is 19.1. The van der Waals surface area contributed by atoms with Gasteiger partial charge >= 0.3 is 18.0 Å². The summed E-state index contributed by atoms with van der Waals surface area (Å²) in [5.74, 6) is -2.69. The molecule has 1 aromatic carbocycles. The summed E-state index contributed by atoms with van der Waals surface area (Å²) in [5.41, 5.74) is -0.482. The Morgan fingerprint density at radius 3 is 2.63 bits per heavy atom. The number of aromatic carboxylic acids is 1. The van der Waals surface area contributed by atoms with Crippen molar-refractivity contribution in [3.8, 4) is 0 Å². The van der Waals surface area contributed by atoms with E-state index in [0.717, 1.165) is 25.3 Å². The Morgan fingerprint density at radius 1 is 1.37 bits per heavy atom. The summed E-state index contributed by atoms with van der Waals surface area (Å²) in [4.78, 5) is 33.0. The monoisotopic (exact) mass is 270 g/mol. The molecular weight excluding hydrogens is 259 g/mol. The van der Waals surface area contributed by atoms with Crippen LogP contribution in [0, 0.1) is 5.82 Å². The lowest BCUT2D eigenvalue weighted by atomic mass is 10.2. The first-order valence-electron chi connectivity index (χ1n) is 5.08. The van der Waals surface area contributed by atoms with Crippen molar-refractivity contribution in [1.82, 2.24) is 5.32 Å². The smallest absolute Gasteiger partial charge is 0.337 e. The molecule has 0 aliphatic rings. The lowest BCUT2D eigenvalue weighted by molar-refractivity contribution is -0.139. The number of methoxy groups -OCH3 is 1. The molecule has 0 heterocycles. The number of ether oxygens (including phenoxy) is 1. The zero-order valence-corrected chi connectivity index (χ0v) is 9.90. The summed E-state index contributed by atoms with van der Waals surface area (Å²) in [6, 6.07) is 1.99. The minimum atomic E-state index is -1.32. The van der Waals surface area contributed by atoms with Crippen molar-refractivity contribution >= 4 is 23.7 Å². The van der Waals surface area contributed by atoms with Gasteiger partial charge < -0.3 is 20.5 Å². The number of nitrogens with one attached hydrogen (secondary N) is 2. The zero-order valence-electron chi connectivity index (χ0n) is 9.90.